The summed E-state index contributed by atoms with van der Waals surface area (Å²) in [5.41, 5.74) is 0.463. The van der Waals surface area contributed by atoms with Gasteiger partial charge in [-0.3, -0.25) is 9.48 Å². The van der Waals surface area contributed by atoms with Crippen LogP contribution < -0.4 is 9.80 Å². The lowest BCUT2D eigenvalue weighted by molar-refractivity contribution is -0.128. The maximum absolute atomic E-state index is 16.8. The normalized spacial score (nSPS) is 19.7. The summed E-state index contributed by atoms with van der Waals surface area (Å²) in [7, 11) is 3.68. The molecular weight excluding hydrogens is 677 g/mol. The lowest BCUT2D eigenvalue weighted by Crippen LogP contribution is -2.58. The second kappa shape index (κ2) is 10.9. The van der Waals surface area contributed by atoms with E-state index in [1.54, 1.807) is 30.3 Å². The van der Waals surface area contributed by atoms with E-state index in [2.05, 4.69) is 42.6 Å². The molecule has 2 aromatic carbocycles. The number of aromatic nitrogens is 4. The van der Waals surface area contributed by atoms with Crippen molar-refractivity contribution in [2.75, 3.05) is 43.0 Å². The summed E-state index contributed by atoms with van der Waals surface area (Å²) in [5.74, 6) is -0.552. The molecule has 0 radical (unpaired) electrons. The number of carbonyl (C=O) groups is 1. The molecule has 2 aromatic heterocycles. The first kappa shape index (κ1) is 29.0. The van der Waals surface area contributed by atoms with Crippen molar-refractivity contribution in [1.29, 1.82) is 0 Å². The zero-order chi connectivity index (χ0) is 30.0. The SMILES string of the molecule is C=CC(=O)N1C[C@H](C)N(c2nc(N3CC(N(C)I)C3)nc3c(F)c(-c4c(F)ccc5cnn(C)c45)c(Cl)cc23)C[C@H]1C. The van der Waals surface area contributed by atoms with Gasteiger partial charge in [0.1, 0.15) is 17.2 Å². The van der Waals surface area contributed by atoms with Crippen LogP contribution >= 0.6 is 34.5 Å². The van der Waals surface area contributed by atoms with Gasteiger partial charge in [0.2, 0.25) is 11.9 Å². The molecule has 0 bridgehead atoms. The van der Waals surface area contributed by atoms with Gasteiger partial charge in [0.05, 0.1) is 22.8 Å². The number of hydrogen-bond acceptors (Lipinski definition) is 7. The highest BCUT2D eigenvalue weighted by atomic mass is 127. The van der Waals surface area contributed by atoms with Gasteiger partial charge in [-0.15, -0.1) is 0 Å². The van der Waals surface area contributed by atoms with Crippen molar-refractivity contribution in [2.45, 2.75) is 32.0 Å². The molecule has 0 spiro atoms. The van der Waals surface area contributed by atoms with E-state index in [0.717, 1.165) is 0 Å². The van der Waals surface area contributed by atoms with Gasteiger partial charge in [-0.25, -0.2) is 16.9 Å². The summed E-state index contributed by atoms with van der Waals surface area (Å²) >= 11 is 9.05. The van der Waals surface area contributed by atoms with Gasteiger partial charge in [0.25, 0.3) is 0 Å². The molecule has 2 atom stereocenters. The number of fused-ring (bicyclic) bond motifs is 2. The molecule has 4 aromatic rings. The van der Waals surface area contributed by atoms with E-state index in [1.165, 1.54) is 16.8 Å². The van der Waals surface area contributed by atoms with Gasteiger partial charge in [0.15, 0.2) is 5.82 Å². The van der Waals surface area contributed by atoms with E-state index in [1.807, 2.05) is 25.8 Å². The number of piperazine rings is 1. The van der Waals surface area contributed by atoms with E-state index in [0.29, 0.717) is 60.3 Å². The predicted molar refractivity (Wildman–Crippen MR) is 170 cm³/mol. The number of hydrogen-bond donors (Lipinski definition) is 0. The van der Waals surface area contributed by atoms with Crippen LogP contribution in [0.3, 0.4) is 0 Å². The quantitative estimate of drug-likeness (QED) is 0.161. The summed E-state index contributed by atoms with van der Waals surface area (Å²) in [6.45, 7) is 9.87. The number of halogens is 4. The average Bonchev–Trinajstić information content (AvgIpc) is 3.30. The van der Waals surface area contributed by atoms with Crippen molar-refractivity contribution in [1.82, 2.24) is 27.8 Å². The molecule has 42 heavy (non-hydrogen) atoms. The average molecular weight is 707 g/mol. The van der Waals surface area contributed by atoms with Crippen molar-refractivity contribution in [2.24, 2.45) is 7.05 Å². The van der Waals surface area contributed by atoms with Crippen molar-refractivity contribution < 1.29 is 13.6 Å². The molecule has 0 aliphatic carbocycles. The molecule has 0 N–H and O–H groups in total. The van der Waals surface area contributed by atoms with Crippen LogP contribution in [0.25, 0.3) is 32.9 Å². The molecule has 1 amide bonds. The topological polar surface area (TPSA) is 73.6 Å². The Labute approximate surface area is 261 Å². The number of amides is 1. The Kier molecular flexibility index (Phi) is 7.50. The number of aryl methyl sites for hydroxylation is 1. The van der Waals surface area contributed by atoms with Crippen LogP contribution in [0.2, 0.25) is 5.02 Å². The maximum atomic E-state index is 16.8. The van der Waals surface area contributed by atoms with Crippen LogP contribution in [0.5, 0.6) is 0 Å². The van der Waals surface area contributed by atoms with Gasteiger partial charge in [-0.2, -0.15) is 10.1 Å². The lowest BCUT2D eigenvalue weighted by Gasteiger charge is -2.45. The number of benzene rings is 2. The fourth-order valence-electron chi connectivity index (χ4n) is 5.93. The molecule has 6 rings (SSSR count). The Balaban J connectivity index is 1.55. The van der Waals surface area contributed by atoms with Crippen LogP contribution in [0.4, 0.5) is 20.5 Å². The third kappa shape index (κ3) is 4.67. The van der Waals surface area contributed by atoms with Gasteiger partial charge in [0, 0.05) is 90.1 Å². The Hall–Kier alpha value is -3.10. The zero-order valence-corrected chi connectivity index (χ0v) is 26.6. The summed E-state index contributed by atoms with van der Waals surface area (Å²) in [6.07, 6.45) is 2.92. The summed E-state index contributed by atoms with van der Waals surface area (Å²) in [5, 5.41) is 5.38. The Bertz CT molecular complexity index is 1740. The van der Waals surface area contributed by atoms with Gasteiger partial charge < -0.3 is 14.7 Å². The molecule has 4 heterocycles. The third-order valence-electron chi connectivity index (χ3n) is 8.32. The molecule has 0 unspecified atom stereocenters. The van der Waals surface area contributed by atoms with Crippen molar-refractivity contribution in [3.05, 3.63) is 53.7 Å². The number of carbonyl (C=O) groups excluding carboxylic acids is 1. The van der Waals surface area contributed by atoms with Crippen LogP contribution in [-0.2, 0) is 11.8 Å². The second-order valence-electron chi connectivity index (χ2n) is 11.0. The van der Waals surface area contributed by atoms with Crippen molar-refractivity contribution >= 4 is 73.9 Å². The predicted octanol–water partition coefficient (Wildman–Crippen LogP) is 5.20. The van der Waals surface area contributed by atoms with Crippen LogP contribution in [-0.4, -0.2) is 85.0 Å². The van der Waals surface area contributed by atoms with E-state index in [4.69, 9.17) is 21.6 Å². The first-order chi connectivity index (χ1) is 20.0. The monoisotopic (exact) mass is 706 g/mol. The Morgan fingerprint density at radius 2 is 1.88 bits per heavy atom. The highest BCUT2D eigenvalue weighted by Gasteiger charge is 2.36. The molecule has 2 fully saturated rings. The first-order valence-corrected chi connectivity index (χ1v) is 15.0. The zero-order valence-electron chi connectivity index (χ0n) is 23.7. The number of nitrogens with zero attached hydrogens (tertiary/aromatic N) is 8. The Morgan fingerprint density at radius 3 is 2.57 bits per heavy atom. The van der Waals surface area contributed by atoms with E-state index >= 15 is 8.78 Å². The van der Waals surface area contributed by atoms with Gasteiger partial charge in [-0.05, 0) is 45.2 Å². The number of anilines is 2. The number of likely N-dealkylation sites (N-methyl/N-ethyl adjacent to an activating group) is 1. The first-order valence-electron chi connectivity index (χ1n) is 13.6. The molecule has 0 saturated carbocycles. The largest absolute Gasteiger partial charge is 0.349 e. The number of rotatable bonds is 5. The highest BCUT2D eigenvalue weighted by Crippen LogP contribution is 2.43. The van der Waals surface area contributed by atoms with Crippen molar-refractivity contribution in [3.8, 4) is 11.1 Å². The molecule has 2 aliphatic rings. The molecule has 2 aliphatic heterocycles. The summed E-state index contributed by atoms with van der Waals surface area (Å²) in [6, 6.07) is 4.56. The maximum Gasteiger partial charge on any atom is 0.246 e. The molecule has 220 valence electrons. The van der Waals surface area contributed by atoms with E-state index in [9.17, 15) is 4.79 Å². The van der Waals surface area contributed by atoms with Crippen LogP contribution in [0, 0.1) is 11.6 Å². The minimum atomic E-state index is -0.723. The van der Waals surface area contributed by atoms with Crippen LogP contribution in [0.15, 0.2) is 37.1 Å². The van der Waals surface area contributed by atoms with Crippen molar-refractivity contribution in [3.63, 3.8) is 0 Å². The van der Waals surface area contributed by atoms with Crippen LogP contribution in [0.1, 0.15) is 13.8 Å². The molecular formula is C29H30ClF2IN8O. The standard InChI is InChI=1S/C29H30ClF2IN8O/c1-6-22(42)40-11-16(3)41(12-15(40)2)28-19-9-20(30)23(24-21(31)8-7-17-10-34-38(5)27(17)24)25(32)26(19)35-29(36-28)39-13-18(14-39)37(4)33/h6-10,15-16,18H,1,11-14H2,2-5H3/t15-,16+/m1/s1. The van der Waals surface area contributed by atoms with Gasteiger partial charge >= 0.3 is 0 Å². The van der Waals surface area contributed by atoms with E-state index < -0.39 is 11.6 Å². The minimum absolute atomic E-state index is 0.0349. The summed E-state index contributed by atoms with van der Waals surface area (Å²) in [4.78, 5) is 28.0. The second-order valence-corrected chi connectivity index (χ2v) is 13.0. The van der Waals surface area contributed by atoms with E-state index in [-0.39, 0.29) is 39.7 Å². The smallest absolute Gasteiger partial charge is 0.246 e. The minimum Gasteiger partial charge on any atom is -0.349 e. The fraction of sp³-hybridized carbons (Fsp3) is 0.379. The fourth-order valence-corrected chi connectivity index (χ4v) is 6.57. The molecule has 9 nitrogen and oxygen atoms in total. The van der Waals surface area contributed by atoms with Gasteiger partial charge in [-0.1, -0.05) is 18.2 Å². The Morgan fingerprint density at radius 1 is 1.14 bits per heavy atom. The highest BCUT2D eigenvalue weighted by molar-refractivity contribution is 14.1. The molecule has 2 saturated heterocycles. The summed E-state index contributed by atoms with van der Waals surface area (Å²) < 4.78 is 35.8. The third-order valence-corrected chi connectivity index (χ3v) is 9.40. The molecule has 13 heteroatoms. The lowest BCUT2D eigenvalue weighted by atomic mass is 9.99.